The molecule has 2 heterocycles. The molecule has 1 aliphatic rings. The number of hydrogen-bond donors (Lipinski definition) is 0. The first-order chi connectivity index (χ1) is 9.09. The van der Waals surface area contributed by atoms with Crippen molar-refractivity contribution in [1.82, 2.24) is 0 Å². The van der Waals surface area contributed by atoms with Crippen LogP contribution in [0.4, 0.5) is 5.69 Å². The molecule has 2 aromatic rings. The summed E-state index contributed by atoms with van der Waals surface area (Å²) >= 11 is 1.27. The molecule has 1 atom stereocenters. The van der Waals surface area contributed by atoms with Crippen molar-refractivity contribution in [3.8, 4) is 0 Å². The molecule has 5 heteroatoms. The van der Waals surface area contributed by atoms with Crippen molar-refractivity contribution in [2.75, 3.05) is 10.8 Å². The third-order valence-electron chi connectivity index (χ3n) is 3.35. The van der Waals surface area contributed by atoms with E-state index in [9.17, 15) is 8.42 Å². The molecule has 0 bridgehead atoms. The van der Waals surface area contributed by atoms with Gasteiger partial charge in [0.1, 0.15) is 4.21 Å². The van der Waals surface area contributed by atoms with E-state index in [1.54, 1.807) is 21.8 Å². The van der Waals surface area contributed by atoms with E-state index in [4.69, 9.17) is 0 Å². The van der Waals surface area contributed by atoms with Gasteiger partial charge in [0.15, 0.2) is 0 Å². The van der Waals surface area contributed by atoms with Crippen LogP contribution in [0.3, 0.4) is 0 Å². The van der Waals surface area contributed by atoms with Crippen molar-refractivity contribution in [2.45, 2.75) is 17.6 Å². The molecule has 0 N–H and O–H groups in total. The molecule has 1 aromatic carbocycles. The number of fused-ring (bicyclic) bond motifs is 1. The predicted octanol–water partition coefficient (Wildman–Crippen LogP) is 3.14. The van der Waals surface area contributed by atoms with Crippen LogP contribution in [0.15, 0.2) is 46.0 Å². The van der Waals surface area contributed by atoms with Crippen molar-refractivity contribution in [2.24, 2.45) is 5.92 Å². The highest BCUT2D eigenvalue weighted by atomic mass is 32.2. The standard InChI is InChI=1S/C14H15NO2S2/c1-11-9-12-5-2-3-6-13(12)15(10-11)19(16,17)14-7-4-8-18-14/h2-8,11H,9-10H2,1H3. The van der Waals surface area contributed by atoms with Gasteiger partial charge in [-0.3, -0.25) is 4.31 Å². The molecule has 0 fully saturated rings. The summed E-state index contributed by atoms with van der Waals surface area (Å²) in [7, 11) is -3.41. The Morgan fingerprint density at radius 1 is 1.21 bits per heavy atom. The normalized spacial score (nSPS) is 19.2. The SMILES string of the molecule is CC1Cc2ccccc2N(S(=O)(=O)c2cccs2)C1. The fourth-order valence-corrected chi connectivity index (χ4v) is 5.22. The topological polar surface area (TPSA) is 37.4 Å². The minimum atomic E-state index is -3.41. The van der Waals surface area contributed by atoms with Crippen molar-refractivity contribution in [1.29, 1.82) is 0 Å². The number of nitrogens with zero attached hydrogens (tertiary/aromatic N) is 1. The minimum Gasteiger partial charge on any atom is -0.265 e. The molecule has 100 valence electrons. The Balaban J connectivity index is 2.11. The van der Waals surface area contributed by atoms with Crippen LogP contribution in [-0.4, -0.2) is 15.0 Å². The van der Waals surface area contributed by atoms with Crippen LogP contribution in [0, 0.1) is 5.92 Å². The highest BCUT2D eigenvalue weighted by molar-refractivity contribution is 7.94. The third kappa shape index (κ3) is 2.17. The van der Waals surface area contributed by atoms with Crippen LogP contribution < -0.4 is 4.31 Å². The highest BCUT2D eigenvalue weighted by Crippen LogP contribution is 2.34. The quantitative estimate of drug-likeness (QED) is 0.853. The van der Waals surface area contributed by atoms with Crippen molar-refractivity contribution in [3.05, 3.63) is 47.3 Å². The van der Waals surface area contributed by atoms with Crippen LogP contribution >= 0.6 is 11.3 Å². The number of anilines is 1. The molecule has 0 aliphatic carbocycles. The number of hydrogen-bond acceptors (Lipinski definition) is 3. The maximum Gasteiger partial charge on any atom is 0.273 e. The summed E-state index contributed by atoms with van der Waals surface area (Å²) in [6, 6.07) is 11.2. The van der Waals surface area contributed by atoms with Gasteiger partial charge in [0.05, 0.1) is 5.69 Å². The average Bonchev–Trinajstić information content (AvgIpc) is 2.92. The summed E-state index contributed by atoms with van der Waals surface area (Å²) in [6.45, 7) is 2.64. The number of rotatable bonds is 2. The number of sulfonamides is 1. The van der Waals surface area contributed by atoms with Crippen molar-refractivity contribution in [3.63, 3.8) is 0 Å². The first-order valence-corrected chi connectivity index (χ1v) is 8.55. The van der Waals surface area contributed by atoms with Crippen LogP contribution in [0.5, 0.6) is 0 Å². The van der Waals surface area contributed by atoms with Crippen LogP contribution in [0.1, 0.15) is 12.5 Å². The first-order valence-electron chi connectivity index (χ1n) is 6.23. The van der Waals surface area contributed by atoms with E-state index in [2.05, 4.69) is 6.92 Å². The molecule has 3 nitrogen and oxygen atoms in total. The Morgan fingerprint density at radius 3 is 2.74 bits per heavy atom. The zero-order valence-electron chi connectivity index (χ0n) is 10.6. The summed E-state index contributed by atoms with van der Waals surface area (Å²) in [6.07, 6.45) is 0.937. The van der Waals surface area contributed by atoms with Gasteiger partial charge >= 0.3 is 0 Å². The monoisotopic (exact) mass is 293 g/mol. The van der Waals surface area contributed by atoms with Gasteiger partial charge in [0.25, 0.3) is 10.0 Å². The summed E-state index contributed by atoms with van der Waals surface area (Å²) in [5, 5.41) is 1.80. The van der Waals surface area contributed by atoms with E-state index in [0.717, 1.165) is 17.7 Å². The molecule has 1 unspecified atom stereocenters. The lowest BCUT2D eigenvalue weighted by atomic mass is 9.96. The molecule has 0 spiro atoms. The highest BCUT2D eigenvalue weighted by Gasteiger charge is 2.31. The summed E-state index contributed by atoms with van der Waals surface area (Å²) in [5.74, 6) is 0.338. The van der Waals surface area contributed by atoms with Gasteiger partial charge in [-0.1, -0.05) is 31.2 Å². The number of para-hydroxylation sites is 1. The van der Waals surface area contributed by atoms with Crippen LogP contribution in [0.2, 0.25) is 0 Å². The van der Waals surface area contributed by atoms with Gasteiger partial charge in [-0.25, -0.2) is 8.42 Å². The fourth-order valence-electron chi connectivity index (χ4n) is 2.49. The largest absolute Gasteiger partial charge is 0.273 e. The molecule has 0 saturated carbocycles. The molecular weight excluding hydrogens is 278 g/mol. The zero-order valence-corrected chi connectivity index (χ0v) is 12.2. The van der Waals surface area contributed by atoms with E-state index < -0.39 is 10.0 Å². The van der Waals surface area contributed by atoms with Crippen molar-refractivity contribution < 1.29 is 8.42 Å². The second-order valence-electron chi connectivity index (χ2n) is 4.91. The van der Waals surface area contributed by atoms with Gasteiger partial charge in [-0.15, -0.1) is 11.3 Å². The average molecular weight is 293 g/mol. The smallest absolute Gasteiger partial charge is 0.265 e. The summed E-state index contributed by atoms with van der Waals surface area (Å²) in [5.41, 5.74) is 1.94. The molecule has 1 aliphatic heterocycles. The van der Waals surface area contributed by atoms with Gasteiger partial charge in [-0.2, -0.15) is 0 Å². The van der Waals surface area contributed by atoms with E-state index in [-0.39, 0.29) is 0 Å². The van der Waals surface area contributed by atoms with E-state index in [1.165, 1.54) is 11.3 Å². The number of benzene rings is 1. The lowest BCUT2D eigenvalue weighted by Crippen LogP contribution is -2.38. The summed E-state index contributed by atoms with van der Waals surface area (Å²) < 4.78 is 27.4. The lowest BCUT2D eigenvalue weighted by molar-refractivity contribution is 0.546. The van der Waals surface area contributed by atoms with Gasteiger partial charge in [-0.05, 0) is 35.4 Å². The third-order valence-corrected chi connectivity index (χ3v) is 6.50. The second-order valence-corrected chi connectivity index (χ2v) is 7.94. The molecule has 1 aromatic heterocycles. The van der Waals surface area contributed by atoms with E-state index >= 15 is 0 Å². The van der Waals surface area contributed by atoms with Crippen LogP contribution in [0.25, 0.3) is 0 Å². The first kappa shape index (κ1) is 12.7. The molecule has 3 rings (SSSR count). The molecule has 0 saturated heterocycles. The Bertz CT molecular complexity index is 677. The summed E-state index contributed by atoms with van der Waals surface area (Å²) in [4.78, 5) is 0. The molecular formula is C14H15NO2S2. The van der Waals surface area contributed by atoms with Crippen molar-refractivity contribution >= 4 is 27.0 Å². The Kier molecular flexibility index (Phi) is 3.11. The van der Waals surface area contributed by atoms with Gasteiger partial charge < -0.3 is 0 Å². The van der Waals surface area contributed by atoms with Gasteiger partial charge in [0.2, 0.25) is 0 Å². The molecule has 0 amide bonds. The Morgan fingerprint density at radius 2 is 2.00 bits per heavy atom. The molecule has 0 radical (unpaired) electrons. The maximum absolute atomic E-state index is 12.7. The second kappa shape index (κ2) is 4.65. The maximum atomic E-state index is 12.7. The van der Waals surface area contributed by atoms with Crippen LogP contribution in [-0.2, 0) is 16.4 Å². The zero-order chi connectivity index (χ0) is 13.5. The predicted molar refractivity (Wildman–Crippen MR) is 78.2 cm³/mol. The Hall–Kier alpha value is -1.33. The van der Waals surface area contributed by atoms with E-state index in [0.29, 0.717) is 16.7 Å². The van der Waals surface area contributed by atoms with Gasteiger partial charge in [0, 0.05) is 6.54 Å². The minimum absolute atomic E-state index is 0.338. The molecule has 19 heavy (non-hydrogen) atoms. The van der Waals surface area contributed by atoms with E-state index in [1.807, 2.05) is 24.3 Å². The lowest BCUT2D eigenvalue weighted by Gasteiger charge is -2.33. The Labute approximate surface area is 117 Å². The fraction of sp³-hybridized carbons (Fsp3) is 0.286. The number of thiophene rings is 1.